The van der Waals surface area contributed by atoms with Crippen LogP contribution in [0.2, 0.25) is 0 Å². The normalized spacial score (nSPS) is 16.6. The quantitative estimate of drug-likeness (QED) is 0.425. The number of benzene rings is 1. The number of aryl methyl sites for hydroxylation is 1. The maximum Gasteiger partial charge on any atom is 0.419 e. The SMILES string of the molecule is CCN1CCC(Oc2cc3nc(Cc4ccc(-n5ccc(C)c5)nc4)[nH]c(=O)c3cc2C(F)(F)F)C1. The lowest BCUT2D eigenvalue weighted by atomic mass is 10.1. The molecule has 1 saturated heterocycles. The van der Waals surface area contributed by atoms with E-state index in [0.717, 1.165) is 36.1 Å². The van der Waals surface area contributed by atoms with E-state index in [4.69, 9.17) is 4.74 Å². The lowest BCUT2D eigenvalue weighted by Crippen LogP contribution is -2.25. The van der Waals surface area contributed by atoms with E-state index >= 15 is 0 Å². The van der Waals surface area contributed by atoms with Crippen LogP contribution in [0.3, 0.4) is 0 Å². The molecule has 1 atom stereocenters. The van der Waals surface area contributed by atoms with Crippen molar-refractivity contribution in [2.45, 2.75) is 39.0 Å². The molecule has 7 nitrogen and oxygen atoms in total. The minimum atomic E-state index is -4.66. The molecule has 1 aliphatic rings. The molecule has 10 heteroatoms. The maximum absolute atomic E-state index is 13.8. The number of nitrogens with zero attached hydrogens (tertiary/aromatic N) is 4. The number of H-pyrrole nitrogens is 1. The van der Waals surface area contributed by atoms with E-state index in [2.05, 4.69) is 19.9 Å². The van der Waals surface area contributed by atoms with Gasteiger partial charge in [-0.15, -0.1) is 0 Å². The molecule has 4 heterocycles. The minimum absolute atomic E-state index is 0.128. The Morgan fingerprint density at radius 3 is 2.69 bits per heavy atom. The third kappa shape index (κ3) is 4.99. The van der Waals surface area contributed by atoms with Crippen LogP contribution in [0.5, 0.6) is 5.75 Å². The maximum atomic E-state index is 13.8. The van der Waals surface area contributed by atoms with Crippen LogP contribution in [0.25, 0.3) is 16.7 Å². The molecule has 5 rings (SSSR count). The van der Waals surface area contributed by atoms with Crippen molar-refractivity contribution < 1.29 is 17.9 Å². The number of fused-ring (bicyclic) bond motifs is 1. The zero-order valence-corrected chi connectivity index (χ0v) is 20.0. The second-order valence-electron chi connectivity index (χ2n) is 9.10. The molecule has 4 aromatic rings. The first-order valence-corrected chi connectivity index (χ1v) is 11.8. The summed E-state index contributed by atoms with van der Waals surface area (Å²) in [6, 6.07) is 7.79. The van der Waals surface area contributed by atoms with E-state index in [1.54, 1.807) is 6.20 Å². The first-order valence-electron chi connectivity index (χ1n) is 11.8. The highest BCUT2D eigenvalue weighted by molar-refractivity contribution is 5.80. The molecular formula is C26H26F3N5O2. The third-order valence-corrected chi connectivity index (χ3v) is 6.42. The monoisotopic (exact) mass is 497 g/mol. The number of aromatic amines is 1. The molecule has 0 bridgehead atoms. The Morgan fingerprint density at radius 2 is 2.06 bits per heavy atom. The van der Waals surface area contributed by atoms with Gasteiger partial charge in [-0.25, -0.2) is 9.97 Å². The standard InChI is InChI=1S/C26H26F3N5O2/c1-3-33-8-7-18(15-33)36-22-12-21-19(11-20(22)26(27,28)29)25(35)32-23(31-21)10-17-4-5-24(30-13-17)34-9-6-16(2)14-34/h4-6,9,11-14,18H,3,7-8,10,15H2,1-2H3,(H,31,32,35). The molecule has 0 aliphatic carbocycles. The summed E-state index contributed by atoms with van der Waals surface area (Å²) in [5, 5.41) is -0.128. The molecule has 1 N–H and O–H groups in total. The van der Waals surface area contributed by atoms with Gasteiger partial charge in [0.25, 0.3) is 5.56 Å². The number of halogens is 3. The number of alkyl halides is 3. The van der Waals surface area contributed by atoms with Gasteiger partial charge in [0.2, 0.25) is 0 Å². The number of hydrogen-bond donors (Lipinski definition) is 1. The Kier molecular flexibility index (Phi) is 6.29. The Labute approximate surface area is 205 Å². The predicted molar refractivity (Wildman–Crippen MR) is 130 cm³/mol. The number of hydrogen-bond acceptors (Lipinski definition) is 5. The van der Waals surface area contributed by atoms with Crippen LogP contribution < -0.4 is 10.3 Å². The Hall–Kier alpha value is -3.66. The van der Waals surface area contributed by atoms with Crippen molar-refractivity contribution >= 4 is 10.9 Å². The molecule has 36 heavy (non-hydrogen) atoms. The van der Waals surface area contributed by atoms with Crippen molar-refractivity contribution in [1.82, 2.24) is 24.4 Å². The second kappa shape index (κ2) is 9.42. The molecule has 1 aliphatic heterocycles. The number of likely N-dealkylation sites (tertiary alicyclic amines) is 1. The van der Waals surface area contributed by atoms with Crippen LogP contribution >= 0.6 is 0 Å². The van der Waals surface area contributed by atoms with Crippen LogP contribution in [0, 0.1) is 6.92 Å². The predicted octanol–water partition coefficient (Wildman–Crippen LogP) is 4.50. The molecule has 1 unspecified atom stereocenters. The first kappa shape index (κ1) is 24.1. The van der Waals surface area contributed by atoms with Crippen LogP contribution in [-0.2, 0) is 12.6 Å². The summed E-state index contributed by atoms with van der Waals surface area (Å²) in [6.45, 7) is 6.14. The fourth-order valence-electron chi connectivity index (χ4n) is 4.49. The molecule has 1 aromatic carbocycles. The second-order valence-corrected chi connectivity index (χ2v) is 9.10. The van der Waals surface area contributed by atoms with Gasteiger partial charge in [-0.1, -0.05) is 13.0 Å². The average Bonchev–Trinajstić information content (AvgIpc) is 3.47. The zero-order valence-electron chi connectivity index (χ0n) is 20.0. The molecule has 1 fully saturated rings. The number of pyridine rings is 1. The van der Waals surface area contributed by atoms with E-state index in [1.807, 2.05) is 49.0 Å². The Morgan fingerprint density at radius 1 is 1.22 bits per heavy atom. The summed E-state index contributed by atoms with van der Waals surface area (Å²) < 4.78 is 49.2. The van der Waals surface area contributed by atoms with Gasteiger partial charge in [0.15, 0.2) is 0 Å². The molecule has 0 radical (unpaired) electrons. The number of likely N-dealkylation sites (N-methyl/N-ethyl adjacent to an activating group) is 1. The van der Waals surface area contributed by atoms with Crippen molar-refractivity contribution in [2.24, 2.45) is 0 Å². The molecule has 3 aromatic heterocycles. The number of ether oxygens (including phenoxy) is 1. The van der Waals surface area contributed by atoms with Crippen molar-refractivity contribution in [2.75, 3.05) is 19.6 Å². The lowest BCUT2D eigenvalue weighted by Gasteiger charge is -2.19. The topological polar surface area (TPSA) is 76.0 Å². The highest BCUT2D eigenvalue weighted by Crippen LogP contribution is 2.39. The summed E-state index contributed by atoms with van der Waals surface area (Å²) in [4.78, 5) is 26.4. The average molecular weight is 498 g/mol. The summed E-state index contributed by atoms with van der Waals surface area (Å²) in [5.41, 5.74) is 0.489. The highest BCUT2D eigenvalue weighted by atomic mass is 19.4. The molecule has 0 spiro atoms. The fourth-order valence-corrected chi connectivity index (χ4v) is 4.49. The van der Waals surface area contributed by atoms with Crippen LogP contribution in [0.1, 0.15) is 35.9 Å². The van der Waals surface area contributed by atoms with Crippen molar-refractivity contribution in [3.8, 4) is 11.6 Å². The van der Waals surface area contributed by atoms with E-state index in [1.165, 1.54) is 6.07 Å². The van der Waals surface area contributed by atoms with E-state index in [9.17, 15) is 18.0 Å². The molecule has 0 saturated carbocycles. The van der Waals surface area contributed by atoms with Gasteiger partial charge in [-0.3, -0.25) is 9.69 Å². The number of nitrogens with one attached hydrogen (secondary N) is 1. The molecular weight excluding hydrogens is 471 g/mol. The summed E-state index contributed by atoms with van der Waals surface area (Å²) in [7, 11) is 0. The van der Waals surface area contributed by atoms with Crippen LogP contribution in [-0.4, -0.2) is 50.2 Å². The van der Waals surface area contributed by atoms with Gasteiger partial charge < -0.3 is 14.3 Å². The van der Waals surface area contributed by atoms with Gasteiger partial charge in [-0.2, -0.15) is 13.2 Å². The van der Waals surface area contributed by atoms with Crippen molar-refractivity contribution in [3.63, 3.8) is 0 Å². The van der Waals surface area contributed by atoms with Gasteiger partial charge in [0, 0.05) is 44.2 Å². The van der Waals surface area contributed by atoms with Gasteiger partial charge >= 0.3 is 6.18 Å². The lowest BCUT2D eigenvalue weighted by molar-refractivity contribution is -0.139. The Bertz CT molecular complexity index is 1440. The fraction of sp³-hybridized carbons (Fsp3) is 0.346. The van der Waals surface area contributed by atoms with Gasteiger partial charge in [-0.05, 0) is 49.2 Å². The van der Waals surface area contributed by atoms with Crippen molar-refractivity contribution in [3.05, 3.63) is 81.8 Å². The summed E-state index contributed by atoms with van der Waals surface area (Å²) >= 11 is 0. The Balaban J connectivity index is 1.45. The van der Waals surface area contributed by atoms with Crippen LogP contribution in [0.4, 0.5) is 13.2 Å². The van der Waals surface area contributed by atoms with E-state index in [0.29, 0.717) is 18.8 Å². The minimum Gasteiger partial charge on any atom is -0.488 e. The summed E-state index contributed by atoms with van der Waals surface area (Å²) in [6.07, 6.45) is 1.47. The summed E-state index contributed by atoms with van der Waals surface area (Å²) in [5.74, 6) is 0.791. The first-order chi connectivity index (χ1) is 17.2. The number of rotatable bonds is 6. The van der Waals surface area contributed by atoms with E-state index < -0.39 is 17.3 Å². The number of aromatic nitrogens is 4. The van der Waals surface area contributed by atoms with Gasteiger partial charge in [0.1, 0.15) is 23.5 Å². The zero-order chi connectivity index (χ0) is 25.4. The third-order valence-electron chi connectivity index (χ3n) is 6.42. The van der Waals surface area contributed by atoms with Crippen LogP contribution in [0.15, 0.2) is 53.7 Å². The van der Waals surface area contributed by atoms with Gasteiger partial charge in [0.05, 0.1) is 16.5 Å². The smallest absolute Gasteiger partial charge is 0.419 e. The molecule has 188 valence electrons. The van der Waals surface area contributed by atoms with E-state index in [-0.39, 0.29) is 29.2 Å². The highest BCUT2D eigenvalue weighted by Gasteiger charge is 2.36. The van der Waals surface area contributed by atoms with Crippen molar-refractivity contribution in [1.29, 1.82) is 0 Å². The molecule has 0 amide bonds. The largest absolute Gasteiger partial charge is 0.488 e.